The van der Waals surface area contributed by atoms with Crippen LogP contribution in [0.5, 0.6) is 23.0 Å². The van der Waals surface area contributed by atoms with E-state index in [1.54, 1.807) is 37.5 Å². The van der Waals surface area contributed by atoms with E-state index in [2.05, 4.69) is 0 Å². The van der Waals surface area contributed by atoms with Crippen molar-refractivity contribution < 1.29 is 38.0 Å². The standard InChI is InChI=1S/C24H26O8/c1-27-17-8-7-13(10-18(17)28-2)21-15-12-20(30-4)19(29-3)11-14(15)9-16(23(25)31-5)22(21)24(26)32-6/h7-12,21-22H,1-6H3/t21-,22?/m0/s1. The van der Waals surface area contributed by atoms with Crippen molar-refractivity contribution in [1.29, 1.82) is 0 Å². The number of hydrogen-bond donors (Lipinski definition) is 0. The van der Waals surface area contributed by atoms with Crippen LogP contribution in [0.25, 0.3) is 6.08 Å². The molecule has 0 bridgehead atoms. The molecular formula is C24H26O8. The zero-order valence-corrected chi connectivity index (χ0v) is 18.9. The van der Waals surface area contributed by atoms with Gasteiger partial charge in [0.15, 0.2) is 23.0 Å². The molecule has 2 aromatic carbocycles. The summed E-state index contributed by atoms with van der Waals surface area (Å²) >= 11 is 0. The maximum absolute atomic E-state index is 13.0. The average molecular weight is 442 g/mol. The number of ether oxygens (including phenoxy) is 6. The molecule has 0 saturated carbocycles. The van der Waals surface area contributed by atoms with E-state index in [1.807, 2.05) is 6.07 Å². The first kappa shape index (κ1) is 23.0. The lowest BCUT2D eigenvalue weighted by Crippen LogP contribution is -2.32. The topological polar surface area (TPSA) is 89.5 Å². The van der Waals surface area contributed by atoms with Gasteiger partial charge in [-0.25, -0.2) is 4.79 Å². The maximum atomic E-state index is 13.0. The molecule has 32 heavy (non-hydrogen) atoms. The van der Waals surface area contributed by atoms with Gasteiger partial charge in [0.1, 0.15) is 0 Å². The number of carbonyl (C=O) groups excluding carboxylic acids is 2. The minimum absolute atomic E-state index is 0.179. The summed E-state index contributed by atoms with van der Waals surface area (Å²) in [6, 6.07) is 8.91. The summed E-state index contributed by atoms with van der Waals surface area (Å²) in [4.78, 5) is 25.7. The van der Waals surface area contributed by atoms with Crippen molar-refractivity contribution in [2.75, 3.05) is 42.7 Å². The van der Waals surface area contributed by atoms with Gasteiger partial charge in [-0.05, 0) is 47.0 Å². The lowest BCUT2D eigenvalue weighted by molar-refractivity contribution is -0.147. The molecule has 0 aliphatic heterocycles. The minimum Gasteiger partial charge on any atom is -0.493 e. The highest BCUT2D eigenvalue weighted by molar-refractivity contribution is 6.02. The molecule has 1 unspecified atom stereocenters. The Bertz CT molecular complexity index is 1060. The summed E-state index contributed by atoms with van der Waals surface area (Å²) in [5.41, 5.74) is 2.36. The van der Waals surface area contributed by atoms with Crippen LogP contribution in [0.3, 0.4) is 0 Å². The Hall–Kier alpha value is -3.68. The van der Waals surface area contributed by atoms with Crippen LogP contribution in [0.4, 0.5) is 0 Å². The zero-order valence-electron chi connectivity index (χ0n) is 18.9. The zero-order chi connectivity index (χ0) is 23.4. The highest BCUT2D eigenvalue weighted by Gasteiger charge is 2.42. The smallest absolute Gasteiger partial charge is 0.334 e. The van der Waals surface area contributed by atoms with E-state index < -0.39 is 23.8 Å². The second-order valence-electron chi connectivity index (χ2n) is 7.02. The molecule has 0 aromatic heterocycles. The Morgan fingerprint density at radius 2 is 1.31 bits per heavy atom. The first-order chi connectivity index (χ1) is 15.4. The van der Waals surface area contributed by atoms with Crippen LogP contribution in [-0.2, 0) is 19.1 Å². The Kier molecular flexibility index (Phi) is 6.92. The van der Waals surface area contributed by atoms with Crippen LogP contribution in [0.15, 0.2) is 35.9 Å². The summed E-state index contributed by atoms with van der Waals surface area (Å²) in [7, 11) is 8.69. The van der Waals surface area contributed by atoms with Gasteiger partial charge in [0, 0.05) is 5.92 Å². The van der Waals surface area contributed by atoms with Gasteiger partial charge in [-0.3, -0.25) is 4.79 Å². The molecule has 8 heteroatoms. The lowest BCUT2D eigenvalue weighted by Gasteiger charge is -2.33. The Balaban J connectivity index is 2.34. The molecule has 1 aliphatic carbocycles. The Morgan fingerprint density at radius 3 is 1.88 bits per heavy atom. The molecule has 2 aromatic rings. The number of methoxy groups -OCH3 is 6. The van der Waals surface area contributed by atoms with E-state index in [0.29, 0.717) is 28.6 Å². The van der Waals surface area contributed by atoms with Crippen molar-refractivity contribution in [2.45, 2.75) is 5.92 Å². The number of benzene rings is 2. The highest BCUT2D eigenvalue weighted by atomic mass is 16.5. The number of fused-ring (bicyclic) bond motifs is 1. The Labute approximate surface area is 186 Å². The van der Waals surface area contributed by atoms with Gasteiger partial charge >= 0.3 is 11.9 Å². The fourth-order valence-corrected chi connectivity index (χ4v) is 4.03. The van der Waals surface area contributed by atoms with Gasteiger partial charge in [0.05, 0.1) is 54.1 Å². The molecule has 0 amide bonds. The largest absolute Gasteiger partial charge is 0.493 e. The van der Waals surface area contributed by atoms with E-state index in [1.165, 1.54) is 35.5 Å². The monoisotopic (exact) mass is 442 g/mol. The summed E-state index contributed by atoms with van der Waals surface area (Å²) < 4.78 is 31.8. The third-order valence-electron chi connectivity index (χ3n) is 5.55. The average Bonchev–Trinajstić information content (AvgIpc) is 2.84. The number of carbonyl (C=O) groups is 2. The van der Waals surface area contributed by atoms with Gasteiger partial charge in [-0.15, -0.1) is 0 Å². The molecule has 0 spiro atoms. The predicted octanol–water partition coefficient (Wildman–Crippen LogP) is 3.21. The van der Waals surface area contributed by atoms with Crippen molar-refractivity contribution >= 4 is 18.0 Å². The molecule has 0 heterocycles. The third-order valence-corrected chi connectivity index (χ3v) is 5.55. The molecular weight excluding hydrogens is 416 g/mol. The van der Waals surface area contributed by atoms with Crippen LogP contribution in [0.2, 0.25) is 0 Å². The quantitative estimate of drug-likeness (QED) is 0.604. The molecule has 0 saturated heterocycles. The normalized spacial score (nSPS) is 16.9. The summed E-state index contributed by atoms with van der Waals surface area (Å²) in [6.07, 6.45) is 1.63. The van der Waals surface area contributed by atoms with Gasteiger partial charge in [-0.2, -0.15) is 0 Å². The van der Waals surface area contributed by atoms with Crippen molar-refractivity contribution in [3.05, 3.63) is 52.6 Å². The van der Waals surface area contributed by atoms with Crippen molar-refractivity contribution in [1.82, 2.24) is 0 Å². The van der Waals surface area contributed by atoms with Crippen LogP contribution in [0, 0.1) is 5.92 Å². The van der Waals surface area contributed by atoms with Gasteiger partial charge in [0.25, 0.3) is 0 Å². The van der Waals surface area contributed by atoms with E-state index in [9.17, 15) is 9.59 Å². The maximum Gasteiger partial charge on any atom is 0.334 e. The fraction of sp³-hybridized carbons (Fsp3) is 0.333. The van der Waals surface area contributed by atoms with Crippen molar-refractivity contribution in [3.63, 3.8) is 0 Å². The van der Waals surface area contributed by atoms with E-state index >= 15 is 0 Å². The van der Waals surface area contributed by atoms with Crippen molar-refractivity contribution in [3.8, 4) is 23.0 Å². The third kappa shape index (κ3) is 3.95. The van der Waals surface area contributed by atoms with Gasteiger partial charge < -0.3 is 28.4 Å². The van der Waals surface area contributed by atoms with Crippen molar-refractivity contribution in [2.24, 2.45) is 5.92 Å². The van der Waals surface area contributed by atoms with E-state index in [-0.39, 0.29) is 5.57 Å². The molecule has 0 radical (unpaired) electrons. The first-order valence-corrected chi connectivity index (χ1v) is 9.79. The number of hydrogen-bond acceptors (Lipinski definition) is 8. The highest BCUT2D eigenvalue weighted by Crippen LogP contribution is 2.48. The predicted molar refractivity (Wildman–Crippen MR) is 116 cm³/mol. The summed E-state index contributed by atoms with van der Waals surface area (Å²) in [5, 5.41) is 0. The van der Waals surface area contributed by atoms with E-state index in [4.69, 9.17) is 28.4 Å². The molecule has 8 nitrogen and oxygen atoms in total. The van der Waals surface area contributed by atoms with E-state index in [0.717, 1.165) is 11.1 Å². The second-order valence-corrected chi connectivity index (χ2v) is 7.02. The molecule has 2 atom stereocenters. The first-order valence-electron chi connectivity index (χ1n) is 9.79. The van der Waals surface area contributed by atoms with Crippen LogP contribution >= 0.6 is 0 Å². The number of rotatable bonds is 7. The van der Waals surface area contributed by atoms with Crippen LogP contribution < -0.4 is 18.9 Å². The molecule has 3 rings (SSSR count). The van der Waals surface area contributed by atoms with Crippen LogP contribution in [-0.4, -0.2) is 54.6 Å². The van der Waals surface area contributed by atoms with Gasteiger partial charge in [0.2, 0.25) is 0 Å². The molecule has 0 N–H and O–H groups in total. The summed E-state index contributed by atoms with van der Waals surface area (Å²) in [5.74, 6) is -0.701. The van der Waals surface area contributed by atoms with Gasteiger partial charge in [-0.1, -0.05) is 6.07 Å². The molecule has 170 valence electrons. The minimum atomic E-state index is -0.948. The SMILES string of the molecule is COC(=O)C1=Cc2cc(OC)c(OC)cc2[C@H](c2ccc(OC)c(OC)c2)C1C(=O)OC. The second kappa shape index (κ2) is 9.64. The fourth-order valence-electron chi connectivity index (χ4n) is 4.03. The Morgan fingerprint density at radius 1 is 0.719 bits per heavy atom. The summed E-state index contributed by atoms with van der Waals surface area (Å²) in [6.45, 7) is 0. The molecule has 1 aliphatic rings. The lowest BCUT2D eigenvalue weighted by atomic mass is 9.71. The molecule has 0 fully saturated rings. The number of esters is 2. The van der Waals surface area contributed by atoms with Crippen LogP contribution in [0.1, 0.15) is 22.6 Å².